The van der Waals surface area contributed by atoms with Gasteiger partial charge in [0.05, 0.1) is 11.1 Å². The van der Waals surface area contributed by atoms with Crippen molar-refractivity contribution in [3.05, 3.63) is 75.9 Å². The maximum atomic E-state index is 13.3. The molecule has 0 saturated carbocycles. The highest BCUT2D eigenvalue weighted by atomic mass is 35.5. The molecule has 0 bridgehead atoms. The smallest absolute Gasteiger partial charge is 0.361 e. The third kappa shape index (κ3) is 6.69. The van der Waals surface area contributed by atoms with Gasteiger partial charge in [0.25, 0.3) is 16.3 Å². The van der Waals surface area contributed by atoms with Crippen molar-refractivity contribution < 1.29 is 27.0 Å². The summed E-state index contributed by atoms with van der Waals surface area (Å²) in [5.74, 6) is -2.02. The minimum absolute atomic E-state index is 0.0850. The fraction of sp³-hybridized carbons (Fsp3) is 0. The molecule has 3 rings (SSSR count). The average Bonchev–Trinajstić information content (AvgIpc) is 2.71. The van der Waals surface area contributed by atoms with Gasteiger partial charge in [0.2, 0.25) is 0 Å². The number of fused-ring (bicyclic) bond motifs is 1. The van der Waals surface area contributed by atoms with Crippen molar-refractivity contribution in [3.63, 3.8) is 0 Å². The molecule has 0 aliphatic rings. The van der Waals surface area contributed by atoms with E-state index in [1.165, 1.54) is 0 Å². The van der Waals surface area contributed by atoms with Crippen LogP contribution in [0.15, 0.2) is 48.5 Å². The molecule has 0 aliphatic carbocycles. The van der Waals surface area contributed by atoms with Gasteiger partial charge in [0, 0.05) is 10.4 Å². The van der Waals surface area contributed by atoms with Gasteiger partial charge in [-0.15, -0.1) is 0 Å². The Morgan fingerprint density at radius 3 is 2.13 bits per heavy atom. The van der Waals surface area contributed by atoms with Crippen LogP contribution in [0.1, 0.15) is 32.0 Å². The summed E-state index contributed by atoms with van der Waals surface area (Å²) in [5.41, 5.74) is 1.52. The van der Waals surface area contributed by atoms with Gasteiger partial charge >= 0.3 is 11.9 Å². The second-order valence-electron chi connectivity index (χ2n) is 6.02. The van der Waals surface area contributed by atoms with Gasteiger partial charge in [-0.25, -0.2) is 14.6 Å². The topological polar surface area (TPSA) is 65.5 Å². The first-order valence-corrected chi connectivity index (χ1v) is 14.4. The molecule has 1 aromatic heterocycles. The summed E-state index contributed by atoms with van der Waals surface area (Å²) in [7, 11) is -1.61. The molecule has 0 radical (unpaired) electrons. The third-order valence-corrected chi connectivity index (χ3v) is 5.51. The number of rotatable bonds is 6. The molecule has 4 atom stereocenters. The largest absolute Gasteiger partial charge is 0.406 e. The second-order valence-corrected chi connectivity index (χ2v) is 10.3. The summed E-state index contributed by atoms with van der Waals surface area (Å²) in [6.07, 6.45) is 3.66. The molecule has 0 spiro atoms. The van der Waals surface area contributed by atoms with Crippen LogP contribution < -0.4 is 0 Å². The predicted molar refractivity (Wildman–Crippen MR) is 128 cm³/mol. The summed E-state index contributed by atoms with van der Waals surface area (Å²) in [5, 5.41) is 0.963. The zero-order chi connectivity index (χ0) is 22.5. The van der Waals surface area contributed by atoms with E-state index in [2.05, 4.69) is 14.0 Å². The minimum atomic E-state index is -2.56. The van der Waals surface area contributed by atoms with Crippen molar-refractivity contribution in [3.8, 4) is 0 Å². The lowest BCUT2D eigenvalue weighted by Crippen LogP contribution is -2.08. The lowest BCUT2D eigenvalue weighted by molar-refractivity contribution is 0.0745. The van der Waals surface area contributed by atoms with Crippen molar-refractivity contribution in [1.82, 2.24) is 4.98 Å². The summed E-state index contributed by atoms with van der Waals surface area (Å²) < 4.78 is 35.6. The monoisotopic (exact) mass is 517 g/mol. The van der Waals surface area contributed by atoms with Crippen LogP contribution in [0.2, 0.25) is 5.02 Å². The van der Waals surface area contributed by atoms with E-state index >= 15 is 0 Å². The molecule has 2 aromatic carbocycles. The molecular weight excluding hydrogens is 504 g/mol. The molecule has 12 heteroatoms. The molecule has 0 amide bonds. The van der Waals surface area contributed by atoms with E-state index in [1.807, 2.05) is 24.3 Å². The normalized spacial score (nSPS) is 13.2. The van der Waals surface area contributed by atoms with Crippen LogP contribution in [-0.4, -0.2) is 16.9 Å². The van der Waals surface area contributed by atoms with Gasteiger partial charge in [-0.1, -0.05) is 42.0 Å². The fourth-order valence-electron chi connectivity index (χ4n) is 2.64. The first-order valence-electron chi connectivity index (χ1n) is 8.47. The van der Waals surface area contributed by atoms with E-state index in [0.29, 0.717) is 10.4 Å². The molecule has 160 valence electrons. The second kappa shape index (κ2) is 10.8. The van der Waals surface area contributed by atoms with E-state index in [0.717, 1.165) is 17.2 Å². The van der Waals surface area contributed by atoms with Crippen molar-refractivity contribution in [2.75, 3.05) is 0 Å². The Hall–Kier alpha value is -1.60. The van der Waals surface area contributed by atoms with Crippen molar-refractivity contribution in [1.29, 1.82) is 0 Å². The first kappa shape index (κ1) is 24.1. The Morgan fingerprint density at radius 1 is 0.903 bits per heavy atom. The Kier molecular flexibility index (Phi) is 8.39. The van der Waals surface area contributed by atoms with Crippen LogP contribution in [0.25, 0.3) is 23.1 Å². The molecule has 31 heavy (non-hydrogen) atoms. The molecule has 3 aromatic rings. The highest BCUT2D eigenvalue weighted by Crippen LogP contribution is 2.48. The summed E-state index contributed by atoms with van der Waals surface area (Å²) >= 11 is 5.88. The zero-order valence-electron chi connectivity index (χ0n) is 15.5. The highest BCUT2D eigenvalue weighted by Gasteiger charge is 2.22. The van der Waals surface area contributed by atoms with Crippen LogP contribution in [0.3, 0.4) is 0 Å². The number of halogens is 3. The molecule has 0 aliphatic heterocycles. The predicted octanol–water partition coefficient (Wildman–Crippen LogP) is 7.52. The summed E-state index contributed by atoms with van der Waals surface area (Å²) in [6, 6.07) is 13.3. The lowest BCUT2D eigenvalue weighted by atomic mass is 10.0. The van der Waals surface area contributed by atoms with Gasteiger partial charge in [0.1, 0.15) is 5.69 Å². The van der Waals surface area contributed by atoms with Gasteiger partial charge in [-0.05, 0) is 59.3 Å². The van der Waals surface area contributed by atoms with Crippen LogP contribution in [0.5, 0.6) is 0 Å². The molecule has 4 unspecified atom stereocenters. The zero-order valence-corrected chi connectivity index (χ0v) is 20.4. The molecule has 0 N–H and O–H groups in total. The van der Waals surface area contributed by atoms with Crippen molar-refractivity contribution in [2.45, 2.75) is 0 Å². The molecule has 5 nitrogen and oxygen atoms in total. The molecule has 0 saturated heterocycles. The first-order chi connectivity index (χ1) is 14.7. The van der Waals surface area contributed by atoms with Crippen LogP contribution in [-0.2, 0) is 9.05 Å². The van der Waals surface area contributed by atoms with Gasteiger partial charge < -0.3 is 9.05 Å². The van der Waals surface area contributed by atoms with E-state index < -0.39 is 28.2 Å². The standard InChI is InChI=1S/C19H14ClF2NO4P4/c20-13-6-3-11(4-7-13)1-2-12-5-8-16-14(9-12)15(18(24)26-30(21)28)10-17(23-16)19(25)27-31(22)29/h1-10H,28-29H2. The van der Waals surface area contributed by atoms with Crippen LogP contribution >= 0.6 is 45.8 Å². The molecular formula is C19H14ClF2NO4P4. The van der Waals surface area contributed by atoms with Crippen LogP contribution in [0.4, 0.5) is 8.39 Å². The SMILES string of the molecule is O=C(OP(F)P)c1cc(C(=O)OP(F)P)c2cc(C=Cc3ccc(Cl)cc3)ccc2n1. The quantitative estimate of drug-likeness (QED) is 0.250. The highest BCUT2D eigenvalue weighted by molar-refractivity contribution is 8.08. The average molecular weight is 518 g/mol. The minimum Gasteiger partial charge on any atom is -0.406 e. The number of carbonyl (C=O) groups excluding carboxylic acids is 2. The number of pyridine rings is 1. The van der Waals surface area contributed by atoms with Crippen molar-refractivity contribution in [2.24, 2.45) is 0 Å². The third-order valence-electron chi connectivity index (χ3n) is 3.94. The molecule has 0 fully saturated rings. The number of hydrogen-bond acceptors (Lipinski definition) is 5. The number of nitrogens with zero attached hydrogens (tertiary/aromatic N) is 1. The number of hydrogen-bond donors (Lipinski definition) is 0. The Bertz CT molecular complexity index is 1160. The van der Waals surface area contributed by atoms with E-state index in [4.69, 9.17) is 11.6 Å². The van der Waals surface area contributed by atoms with E-state index in [-0.39, 0.29) is 16.8 Å². The fourth-order valence-corrected chi connectivity index (χ4v) is 3.85. The maximum Gasteiger partial charge on any atom is 0.361 e. The van der Waals surface area contributed by atoms with Gasteiger partial charge in [0.15, 0.2) is 0 Å². The van der Waals surface area contributed by atoms with Crippen LogP contribution in [0, 0.1) is 0 Å². The van der Waals surface area contributed by atoms with Gasteiger partial charge in [-0.3, -0.25) is 0 Å². The Morgan fingerprint density at radius 2 is 1.48 bits per heavy atom. The van der Waals surface area contributed by atoms with Crippen molar-refractivity contribution >= 4 is 80.7 Å². The number of benzene rings is 2. The maximum absolute atomic E-state index is 13.3. The lowest BCUT2D eigenvalue weighted by Gasteiger charge is -2.10. The van der Waals surface area contributed by atoms with E-state index in [9.17, 15) is 18.0 Å². The number of carbonyl (C=O) groups is 2. The van der Waals surface area contributed by atoms with Gasteiger partial charge in [-0.2, -0.15) is 8.39 Å². The number of aromatic nitrogens is 1. The summed E-state index contributed by atoms with van der Waals surface area (Å²) in [6.45, 7) is 0. The molecule has 1 heterocycles. The Labute approximate surface area is 188 Å². The summed E-state index contributed by atoms with van der Waals surface area (Å²) in [4.78, 5) is 28.7. The Balaban J connectivity index is 2.04. The van der Waals surface area contributed by atoms with E-state index in [1.54, 1.807) is 48.2 Å².